The maximum Gasteiger partial charge on any atom is 0.416 e. The van der Waals surface area contributed by atoms with Crippen molar-refractivity contribution in [3.63, 3.8) is 0 Å². The molecule has 2 unspecified atom stereocenters. The highest BCUT2D eigenvalue weighted by molar-refractivity contribution is 5.95. The minimum Gasteiger partial charge on any atom is -0.396 e. The summed E-state index contributed by atoms with van der Waals surface area (Å²) >= 11 is 0. The van der Waals surface area contributed by atoms with E-state index in [0.29, 0.717) is 6.54 Å². The molecular formula is C18H22F3NO2. The molecule has 2 atom stereocenters. The average molecular weight is 341 g/mol. The number of allylic oxidation sites excluding steroid dienone is 1. The third-order valence-corrected chi connectivity index (χ3v) is 4.52. The van der Waals surface area contributed by atoms with Crippen LogP contribution in [0.1, 0.15) is 37.8 Å². The van der Waals surface area contributed by atoms with Gasteiger partial charge in [0, 0.05) is 25.3 Å². The van der Waals surface area contributed by atoms with E-state index in [1.54, 1.807) is 4.90 Å². The first-order chi connectivity index (χ1) is 11.2. The predicted octanol–water partition coefficient (Wildman–Crippen LogP) is 3.73. The van der Waals surface area contributed by atoms with Crippen LogP contribution in [0.25, 0.3) is 5.57 Å². The summed E-state index contributed by atoms with van der Waals surface area (Å²) in [5.41, 5.74) is -0.445. The molecule has 6 heteroatoms. The molecule has 2 rings (SSSR count). The molecule has 0 aliphatic carbocycles. The van der Waals surface area contributed by atoms with Crippen molar-refractivity contribution in [3.8, 4) is 0 Å². The number of hydrogen-bond donors (Lipinski definition) is 1. The first-order valence-corrected chi connectivity index (χ1v) is 8.00. The minimum atomic E-state index is -4.46. The van der Waals surface area contributed by atoms with E-state index in [0.717, 1.165) is 18.9 Å². The fourth-order valence-electron chi connectivity index (χ4n) is 3.06. The van der Waals surface area contributed by atoms with Gasteiger partial charge in [-0.2, -0.15) is 13.2 Å². The van der Waals surface area contributed by atoms with Gasteiger partial charge in [0.2, 0.25) is 5.91 Å². The number of carbonyl (C=O) groups excluding carboxylic acids is 1. The lowest BCUT2D eigenvalue weighted by Gasteiger charge is -2.37. The third-order valence-electron chi connectivity index (χ3n) is 4.52. The van der Waals surface area contributed by atoms with Crippen LogP contribution in [0.3, 0.4) is 0 Å². The Morgan fingerprint density at radius 3 is 2.62 bits per heavy atom. The average Bonchev–Trinajstić information content (AvgIpc) is 2.54. The van der Waals surface area contributed by atoms with Crippen molar-refractivity contribution < 1.29 is 23.1 Å². The summed E-state index contributed by atoms with van der Waals surface area (Å²) in [7, 11) is 0. The van der Waals surface area contributed by atoms with Crippen LogP contribution in [0, 0.1) is 5.92 Å². The summed E-state index contributed by atoms with van der Waals surface area (Å²) < 4.78 is 39.3. The SMILES string of the molecule is C/C(=C/C(=O)N1CC(CO)CCC1C)c1ccccc1C(F)(F)F. The molecule has 1 fully saturated rings. The predicted molar refractivity (Wildman–Crippen MR) is 86.1 cm³/mol. The van der Waals surface area contributed by atoms with Crippen LogP contribution in [0.2, 0.25) is 0 Å². The topological polar surface area (TPSA) is 40.5 Å². The summed E-state index contributed by atoms with van der Waals surface area (Å²) in [5, 5.41) is 9.28. The van der Waals surface area contributed by atoms with Crippen molar-refractivity contribution in [1.29, 1.82) is 0 Å². The first kappa shape index (κ1) is 18.5. The van der Waals surface area contributed by atoms with Gasteiger partial charge in [-0.05, 0) is 49.8 Å². The molecule has 0 saturated carbocycles. The summed E-state index contributed by atoms with van der Waals surface area (Å²) in [4.78, 5) is 14.1. The number of nitrogens with zero attached hydrogens (tertiary/aromatic N) is 1. The lowest BCUT2D eigenvalue weighted by Crippen LogP contribution is -2.45. The van der Waals surface area contributed by atoms with E-state index < -0.39 is 11.7 Å². The van der Waals surface area contributed by atoms with E-state index in [2.05, 4.69) is 0 Å². The van der Waals surface area contributed by atoms with E-state index in [4.69, 9.17) is 0 Å². The van der Waals surface area contributed by atoms with Crippen molar-refractivity contribution in [2.75, 3.05) is 13.2 Å². The van der Waals surface area contributed by atoms with Gasteiger partial charge in [-0.25, -0.2) is 0 Å². The van der Waals surface area contributed by atoms with Crippen LogP contribution >= 0.6 is 0 Å². The smallest absolute Gasteiger partial charge is 0.396 e. The van der Waals surface area contributed by atoms with E-state index in [1.165, 1.54) is 31.2 Å². The van der Waals surface area contributed by atoms with Crippen molar-refractivity contribution in [1.82, 2.24) is 4.90 Å². The molecule has 3 nitrogen and oxygen atoms in total. The largest absolute Gasteiger partial charge is 0.416 e. The summed E-state index contributed by atoms with van der Waals surface area (Å²) in [6, 6.07) is 5.26. The number of carbonyl (C=O) groups is 1. The van der Waals surface area contributed by atoms with Crippen LogP contribution < -0.4 is 0 Å². The monoisotopic (exact) mass is 341 g/mol. The molecule has 1 aliphatic heterocycles. The Hall–Kier alpha value is -1.82. The van der Waals surface area contributed by atoms with Crippen LogP contribution in [0.15, 0.2) is 30.3 Å². The standard InChI is InChI=1S/C18H22F3NO2/c1-12(15-5-3-4-6-16(15)18(19,20)21)9-17(24)22-10-14(11-23)8-7-13(22)2/h3-6,9,13-14,23H,7-8,10-11H2,1-2H3/b12-9-. The Labute approximate surface area is 139 Å². The zero-order chi connectivity index (χ0) is 17.9. The molecule has 1 amide bonds. The lowest BCUT2D eigenvalue weighted by molar-refractivity contribution is -0.138. The van der Waals surface area contributed by atoms with Crippen LogP contribution in [-0.4, -0.2) is 35.1 Å². The molecule has 1 saturated heterocycles. The van der Waals surface area contributed by atoms with Crippen molar-refractivity contribution in [2.45, 2.75) is 38.9 Å². The second kappa shape index (κ2) is 7.38. The van der Waals surface area contributed by atoms with E-state index in [9.17, 15) is 23.1 Å². The number of piperidine rings is 1. The molecule has 24 heavy (non-hydrogen) atoms. The molecule has 1 heterocycles. The lowest BCUT2D eigenvalue weighted by atomic mass is 9.93. The highest BCUT2D eigenvalue weighted by atomic mass is 19.4. The highest BCUT2D eigenvalue weighted by Crippen LogP contribution is 2.35. The molecule has 0 spiro atoms. The zero-order valence-corrected chi connectivity index (χ0v) is 13.8. The summed E-state index contributed by atoms with van der Waals surface area (Å²) in [5.74, 6) is -0.281. The van der Waals surface area contributed by atoms with Crippen molar-refractivity contribution >= 4 is 11.5 Å². The molecular weight excluding hydrogens is 319 g/mol. The van der Waals surface area contributed by atoms with Crippen molar-refractivity contribution in [2.24, 2.45) is 5.92 Å². The van der Waals surface area contributed by atoms with Gasteiger partial charge in [-0.15, -0.1) is 0 Å². The molecule has 1 aromatic rings. The second-order valence-electron chi connectivity index (χ2n) is 6.34. The van der Waals surface area contributed by atoms with Crippen molar-refractivity contribution in [3.05, 3.63) is 41.5 Å². The number of hydrogen-bond acceptors (Lipinski definition) is 2. The van der Waals surface area contributed by atoms with Gasteiger partial charge in [0.05, 0.1) is 5.56 Å². The molecule has 0 aromatic heterocycles. The summed E-state index contributed by atoms with van der Waals surface area (Å²) in [6.45, 7) is 3.87. The number of amides is 1. The maximum atomic E-state index is 13.1. The van der Waals surface area contributed by atoms with Crippen LogP contribution in [-0.2, 0) is 11.0 Å². The maximum absolute atomic E-state index is 13.1. The van der Waals surface area contributed by atoms with E-state index in [1.807, 2.05) is 6.92 Å². The second-order valence-corrected chi connectivity index (χ2v) is 6.34. The minimum absolute atomic E-state index is 0.0100. The Kier molecular flexibility index (Phi) is 5.70. The molecule has 0 radical (unpaired) electrons. The number of alkyl halides is 3. The van der Waals surface area contributed by atoms with E-state index in [-0.39, 0.29) is 35.6 Å². The molecule has 0 bridgehead atoms. The molecule has 1 N–H and O–H groups in total. The van der Waals surface area contributed by atoms with Gasteiger partial charge >= 0.3 is 6.18 Å². The Morgan fingerprint density at radius 1 is 1.33 bits per heavy atom. The number of likely N-dealkylation sites (tertiary alicyclic amines) is 1. The highest BCUT2D eigenvalue weighted by Gasteiger charge is 2.33. The molecule has 1 aliphatic rings. The van der Waals surface area contributed by atoms with Gasteiger partial charge in [-0.1, -0.05) is 18.2 Å². The quantitative estimate of drug-likeness (QED) is 0.851. The first-order valence-electron chi connectivity index (χ1n) is 8.00. The van der Waals surface area contributed by atoms with Gasteiger partial charge in [-0.3, -0.25) is 4.79 Å². The number of rotatable bonds is 3. The van der Waals surface area contributed by atoms with E-state index >= 15 is 0 Å². The molecule has 132 valence electrons. The zero-order valence-electron chi connectivity index (χ0n) is 13.8. The number of halogens is 3. The number of aliphatic hydroxyl groups excluding tert-OH is 1. The normalized spacial score (nSPS) is 22.6. The van der Waals surface area contributed by atoms with Gasteiger partial charge < -0.3 is 10.0 Å². The summed E-state index contributed by atoms with van der Waals surface area (Å²) in [6.07, 6.45) is -1.57. The fourth-order valence-corrected chi connectivity index (χ4v) is 3.06. The third kappa shape index (κ3) is 4.17. The number of aliphatic hydroxyl groups is 1. The Balaban J connectivity index is 2.26. The van der Waals surface area contributed by atoms with Crippen LogP contribution in [0.5, 0.6) is 0 Å². The van der Waals surface area contributed by atoms with Gasteiger partial charge in [0.15, 0.2) is 0 Å². The number of benzene rings is 1. The Morgan fingerprint density at radius 2 is 2.00 bits per heavy atom. The van der Waals surface area contributed by atoms with Gasteiger partial charge in [0.25, 0.3) is 0 Å². The Bertz CT molecular complexity index is 625. The van der Waals surface area contributed by atoms with Crippen LogP contribution in [0.4, 0.5) is 13.2 Å². The fraction of sp³-hybridized carbons (Fsp3) is 0.500. The molecule has 1 aromatic carbocycles. The van der Waals surface area contributed by atoms with Gasteiger partial charge in [0.1, 0.15) is 0 Å².